The van der Waals surface area contributed by atoms with Crippen molar-refractivity contribution in [3.8, 4) is 11.5 Å². The SMILES string of the molecule is CCCCCCCCCCCCOc1ccc(C2(c3ccc(OCCCCCCCCCCCC)cc3)C34c5c6c7c8c9c%10c(c%11c%12c3c3c5c5c%13c6c6c7c7c9c9c%14c%10c%10c%11c%11c%12c%12c3c3c5c5c%13c%13c6c6c7c9c7c9c%14c%10c%10c%11c%11c%12c3c3c5c5c%13c6c7c6c9c%10c%11c3c56)C824)cc1. The maximum Gasteiger partial charge on any atom is 0.119 e. The summed E-state index contributed by atoms with van der Waals surface area (Å²) in [7, 11) is 0. The van der Waals surface area contributed by atoms with Crippen LogP contribution in [0.3, 0.4) is 0 Å². The lowest BCUT2D eigenvalue weighted by atomic mass is 9.68. The minimum Gasteiger partial charge on any atom is -0.494 e. The Morgan fingerprint density at radius 2 is 0.323 bits per heavy atom. The van der Waals surface area contributed by atoms with E-state index in [9.17, 15) is 0 Å². The number of benzene rings is 20. The molecule has 1 fully saturated rings. The molecule has 2 spiro atoms. The van der Waals surface area contributed by atoms with Gasteiger partial charge in [0.25, 0.3) is 0 Å². The lowest BCUT2D eigenvalue weighted by Gasteiger charge is -2.32. The van der Waals surface area contributed by atoms with Crippen LogP contribution in [-0.4, -0.2) is 13.2 Å². The molecular weight excluding hydrogens is 1200 g/mol. The van der Waals surface area contributed by atoms with Crippen molar-refractivity contribution >= 4 is 291 Å². The summed E-state index contributed by atoms with van der Waals surface area (Å²) in [4.78, 5) is 0. The predicted octanol–water partition coefficient (Wildman–Crippen LogP) is 27.9. The Balaban J connectivity index is 0.718. The van der Waals surface area contributed by atoms with Gasteiger partial charge in [0, 0.05) is 0 Å². The van der Waals surface area contributed by atoms with Crippen molar-refractivity contribution in [2.45, 2.75) is 159 Å². The highest BCUT2D eigenvalue weighted by Gasteiger charge is 2.95. The molecule has 0 heterocycles. The molecule has 1 saturated carbocycles. The largest absolute Gasteiger partial charge is 0.494 e. The molecule has 5 aliphatic carbocycles. The van der Waals surface area contributed by atoms with Crippen molar-refractivity contribution in [1.29, 1.82) is 0 Å². The Hall–Kier alpha value is -9.50. The number of ether oxygens (including phenoxy) is 2. The fourth-order valence-corrected chi connectivity index (χ4v) is 30.8. The van der Waals surface area contributed by atoms with Gasteiger partial charge in [0.2, 0.25) is 0 Å². The summed E-state index contributed by atoms with van der Waals surface area (Å²) < 4.78 is 13.9. The predicted molar refractivity (Wildman–Crippen MR) is 422 cm³/mol. The van der Waals surface area contributed by atoms with Crippen molar-refractivity contribution in [1.82, 2.24) is 0 Å². The summed E-state index contributed by atoms with van der Waals surface area (Å²) >= 11 is 0. The zero-order valence-corrected chi connectivity index (χ0v) is 55.5. The molecule has 99 heavy (non-hydrogen) atoms. The van der Waals surface area contributed by atoms with Crippen LogP contribution < -0.4 is 9.47 Å². The molecule has 0 amide bonds. The van der Waals surface area contributed by atoms with Crippen LogP contribution in [0.4, 0.5) is 0 Å². The Morgan fingerprint density at radius 3 is 0.495 bits per heavy atom. The van der Waals surface area contributed by atoms with Gasteiger partial charge in [-0.1, -0.05) is 154 Å². The molecule has 5 aliphatic rings. The highest BCUT2D eigenvalue weighted by atomic mass is 16.5. The fraction of sp³-hybridized carbons (Fsp3) is 0.278. The first-order valence-electron chi connectivity index (χ1n) is 39.5. The summed E-state index contributed by atoms with van der Waals surface area (Å²) in [6.45, 7) is 6.20. The van der Waals surface area contributed by atoms with Gasteiger partial charge in [-0.3, -0.25) is 0 Å². The molecule has 0 radical (unpaired) electrons. The van der Waals surface area contributed by atoms with Crippen LogP contribution in [0.15, 0.2) is 48.5 Å². The molecular formula is C97H58O2. The van der Waals surface area contributed by atoms with Crippen molar-refractivity contribution in [2.75, 3.05) is 13.2 Å². The van der Waals surface area contributed by atoms with E-state index in [1.807, 2.05) is 0 Å². The van der Waals surface area contributed by atoms with Gasteiger partial charge >= 0.3 is 0 Å². The average Bonchev–Trinajstić information content (AvgIpc) is 1.35. The molecule has 0 saturated heterocycles. The molecule has 0 unspecified atom stereocenters. The second-order valence-corrected chi connectivity index (χ2v) is 35.1. The maximum atomic E-state index is 6.97. The van der Waals surface area contributed by atoms with E-state index in [4.69, 9.17) is 9.47 Å². The van der Waals surface area contributed by atoms with Gasteiger partial charge in [-0.2, -0.15) is 0 Å². The topological polar surface area (TPSA) is 18.5 Å². The van der Waals surface area contributed by atoms with Gasteiger partial charge in [0.1, 0.15) is 11.5 Å². The first kappa shape index (κ1) is 46.7. The normalized spacial score (nSPS) is 17.7. The summed E-state index contributed by atoms with van der Waals surface area (Å²) in [6, 6.07) is 20.4. The molecule has 0 aromatic heterocycles. The van der Waals surface area contributed by atoms with Crippen LogP contribution in [0, 0.1) is 0 Å². The molecule has 30 aromatic carbocycles. The third-order valence-electron chi connectivity index (χ3n) is 32.5. The number of hydrogen-bond acceptors (Lipinski definition) is 2. The first-order valence-corrected chi connectivity index (χ1v) is 39.5. The molecule has 30 aromatic rings. The van der Waals surface area contributed by atoms with Gasteiger partial charge in [-0.25, -0.2) is 0 Å². The zero-order valence-electron chi connectivity index (χ0n) is 55.5. The maximum absolute atomic E-state index is 6.97. The lowest BCUT2D eigenvalue weighted by molar-refractivity contribution is 0.304. The van der Waals surface area contributed by atoms with E-state index in [2.05, 4.69) is 62.4 Å². The Morgan fingerprint density at radius 1 is 0.172 bits per heavy atom. The van der Waals surface area contributed by atoms with E-state index in [0.29, 0.717) is 0 Å². The smallest absolute Gasteiger partial charge is 0.119 e. The van der Waals surface area contributed by atoms with Crippen molar-refractivity contribution in [3.05, 3.63) is 81.9 Å². The zero-order chi connectivity index (χ0) is 61.9. The summed E-state index contributed by atoms with van der Waals surface area (Å²) in [5.41, 5.74) is 8.49. The minimum absolute atomic E-state index is 0.442. The number of unbranched alkanes of at least 4 members (excludes halogenated alkanes) is 18. The number of rotatable bonds is 26. The minimum atomic E-state index is -0.520. The van der Waals surface area contributed by atoms with Crippen LogP contribution in [0.1, 0.15) is 176 Å². The quantitative estimate of drug-likeness (QED) is 0.0397. The lowest BCUT2D eigenvalue weighted by Crippen LogP contribution is -2.27. The van der Waals surface area contributed by atoms with Crippen LogP contribution in [0.2, 0.25) is 0 Å². The van der Waals surface area contributed by atoms with Gasteiger partial charge in [-0.15, -0.1) is 0 Å². The van der Waals surface area contributed by atoms with E-state index in [1.54, 1.807) is 313 Å². The van der Waals surface area contributed by atoms with Crippen LogP contribution in [0.25, 0.3) is 291 Å². The van der Waals surface area contributed by atoms with Crippen molar-refractivity contribution < 1.29 is 9.47 Å². The molecule has 35 rings (SSSR count). The van der Waals surface area contributed by atoms with Gasteiger partial charge in [0.15, 0.2) is 0 Å². The summed E-state index contributed by atoms with van der Waals surface area (Å²) in [5.74, 6) is 2.05. The molecule has 0 aliphatic heterocycles. The summed E-state index contributed by atoms with van der Waals surface area (Å²) in [6.07, 6.45) is 26.6. The third-order valence-corrected chi connectivity index (χ3v) is 32.5. The molecule has 2 nitrogen and oxygen atoms in total. The molecule has 0 N–H and O–H groups in total. The third kappa shape index (κ3) is 3.46. The van der Waals surface area contributed by atoms with Gasteiger partial charge in [0.05, 0.1) is 29.5 Å². The number of hydrogen-bond donors (Lipinski definition) is 0. The van der Waals surface area contributed by atoms with E-state index < -0.39 is 16.2 Å². The van der Waals surface area contributed by atoms with Gasteiger partial charge < -0.3 is 9.47 Å². The Labute approximate surface area is 561 Å². The first-order chi connectivity index (χ1) is 49.3. The Kier molecular flexibility index (Phi) is 6.23. The van der Waals surface area contributed by atoms with Gasteiger partial charge in [-0.05, 0) is 361 Å². The molecule has 2 heteroatoms. The average molecular weight is 1260 g/mol. The van der Waals surface area contributed by atoms with E-state index in [0.717, 1.165) is 37.6 Å². The van der Waals surface area contributed by atoms with Crippen LogP contribution >= 0.6 is 0 Å². The highest BCUT2D eigenvalue weighted by molar-refractivity contribution is 6.82. The summed E-state index contributed by atoms with van der Waals surface area (Å²) in [5, 5.41) is 89.4. The van der Waals surface area contributed by atoms with E-state index >= 15 is 0 Å². The molecule has 0 atom stereocenters. The fourth-order valence-electron chi connectivity index (χ4n) is 30.8. The van der Waals surface area contributed by atoms with Crippen LogP contribution in [0.5, 0.6) is 11.5 Å². The molecule has 0 bridgehead atoms. The van der Waals surface area contributed by atoms with E-state index in [-0.39, 0.29) is 0 Å². The van der Waals surface area contributed by atoms with Crippen molar-refractivity contribution in [2.24, 2.45) is 0 Å². The highest BCUT2D eigenvalue weighted by Crippen LogP contribution is 2.97. The van der Waals surface area contributed by atoms with Crippen LogP contribution in [-0.2, 0) is 16.2 Å². The van der Waals surface area contributed by atoms with E-state index in [1.165, 1.54) is 127 Å². The Bertz CT molecular complexity index is 7660. The monoisotopic (exact) mass is 1250 g/mol. The second kappa shape index (κ2) is 13.2. The standard InChI is InChI=1S/C97H58O2/c1-3-5-7-9-11-13-15-17-19-21-31-98-35-27-23-33(24-28-35)95(34-25-29-36(30-26-34)99-32-22-20-18-16-14-12-10-8-6-4-2)96-91-83-75-65-55-47-39-37-38-41-45-43(39)51-59-53(45)63-57-49(41)50-42(38)46-44-40(37)48(47)56-62-52(44)60-54(46)64-58(50)68-67(57)77-71(63)81-73(59)79(69(75)61(51)55)87(91)89(81)93-85(77)86-78(68)72(64)82-74(60)80-70(62)76(66(56)65)84(83)92(96)88(80)90(82)94(86)97(93,95)96/h23-30H,3-22,31-32H2,1-2H3. The molecule has 458 valence electrons. The van der Waals surface area contributed by atoms with Crippen molar-refractivity contribution in [3.63, 3.8) is 0 Å². The second-order valence-electron chi connectivity index (χ2n) is 35.1.